The van der Waals surface area contributed by atoms with Gasteiger partial charge in [0.25, 0.3) is 5.91 Å². The number of halogens is 1. The number of carbonyl (C=O) groups is 2. The fourth-order valence-corrected chi connectivity index (χ4v) is 3.47. The summed E-state index contributed by atoms with van der Waals surface area (Å²) in [4.78, 5) is 28.6. The molecular formula is C18H23BrN4O3. The molecule has 140 valence electrons. The molecule has 1 atom stereocenters. The lowest BCUT2D eigenvalue weighted by Gasteiger charge is -2.35. The van der Waals surface area contributed by atoms with Crippen LogP contribution >= 0.6 is 15.9 Å². The van der Waals surface area contributed by atoms with Gasteiger partial charge in [0.2, 0.25) is 5.91 Å². The Balaban J connectivity index is 1.56. The summed E-state index contributed by atoms with van der Waals surface area (Å²) in [6, 6.07) is 3.36. The van der Waals surface area contributed by atoms with E-state index < -0.39 is 0 Å². The van der Waals surface area contributed by atoms with Crippen molar-refractivity contribution in [1.29, 1.82) is 0 Å². The zero-order valence-corrected chi connectivity index (χ0v) is 16.8. The summed E-state index contributed by atoms with van der Waals surface area (Å²) in [5, 5.41) is 4.48. The standard InChI is InChI=1S/C18H23BrN4O3/c1-12(11-23-14(3)16(19)13(2)20-23)17(24)21-6-8-22(9-7-21)18(25)15-5-4-10-26-15/h4-5,10,12H,6-9,11H2,1-3H3/t12-/m0/s1. The number of piperazine rings is 1. The summed E-state index contributed by atoms with van der Waals surface area (Å²) in [7, 11) is 0. The average molecular weight is 423 g/mol. The van der Waals surface area contributed by atoms with E-state index in [9.17, 15) is 9.59 Å². The minimum atomic E-state index is -0.174. The topological polar surface area (TPSA) is 71.6 Å². The Labute approximate surface area is 161 Å². The Morgan fingerprint density at radius 2 is 1.88 bits per heavy atom. The van der Waals surface area contributed by atoms with Crippen LogP contribution in [0.25, 0.3) is 0 Å². The van der Waals surface area contributed by atoms with Crippen molar-refractivity contribution in [3.05, 3.63) is 40.0 Å². The van der Waals surface area contributed by atoms with Crippen molar-refractivity contribution in [1.82, 2.24) is 19.6 Å². The third-order valence-corrected chi connectivity index (χ3v) is 5.92. The molecule has 0 aliphatic carbocycles. The number of aromatic nitrogens is 2. The maximum atomic E-state index is 12.8. The average Bonchev–Trinajstić information content (AvgIpc) is 3.26. The van der Waals surface area contributed by atoms with Gasteiger partial charge in [-0.2, -0.15) is 5.10 Å². The van der Waals surface area contributed by atoms with Gasteiger partial charge in [-0.1, -0.05) is 6.92 Å². The highest BCUT2D eigenvalue weighted by Gasteiger charge is 2.28. The second-order valence-electron chi connectivity index (χ2n) is 6.66. The van der Waals surface area contributed by atoms with Gasteiger partial charge in [-0.3, -0.25) is 14.3 Å². The van der Waals surface area contributed by atoms with E-state index in [0.29, 0.717) is 38.5 Å². The van der Waals surface area contributed by atoms with Gasteiger partial charge in [0, 0.05) is 31.9 Å². The van der Waals surface area contributed by atoms with Crippen LogP contribution < -0.4 is 0 Å². The third kappa shape index (κ3) is 3.70. The SMILES string of the molecule is Cc1nn(C[C@H](C)C(=O)N2CCN(C(=O)c3ccco3)CC2)c(C)c1Br. The van der Waals surface area contributed by atoms with Gasteiger partial charge < -0.3 is 14.2 Å². The molecule has 0 bridgehead atoms. The van der Waals surface area contributed by atoms with Crippen molar-refractivity contribution < 1.29 is 14.0 Å². The van der Waals surface area contributed by atoms with Crippen molar-refractivity contribution in [2.45, 2.75) is 27.3 Å². The number of aryl methyl sites for hydroxylation is 1. The first-order valence-corrected chi connectivity index (χ1v) is 9.49. The molecule has 0 spiro atoms. The Kier molecular flexibility index (Phi) is 5.50. The van der Waals surface area contributed by atoms with Crippen LogP contribution in [-0.4, -0.2) is 57.6 Å². The molecule has 3 heterocycles. The van der Waals surface area contributed by atoms with Crippen LogP contribution in [0, 0.1) is 19.8 Å². The number of nitrogens with zero attached hydrogens (tertiary/aromatic N) is 4. The van der Waals surface area contributed by atoms with Crippen molar-refractivity contribution in [3.63, 3.8) is 0 Å². The van der Waals surface area contributed by atoms with Crippen molar-refractivity contribution >= 4 is 27.7 Å². The summed E-state index contributed by atoms with van der Waals surface area (Å²) < 4.78 is 8.03. The second-order valence-corrected chi connectivity index (χ2v) is 7.46. The molecule has 7 nitrogen and oxygen atoms in total. The Morgan fingerprint density at radius 1 is 1.23 bits per heavy atom. The van der Waals surface area contributed by atoms with Gasteiger partial charge in [-0.05, 0) is 41.9 Å². The van der Waals surface area contributed by atoms with Gasteiger partial charge in [0.05, 0.1) is 28.9 Å². The highest BCUT2D eigenvalue weighted by Crippen LogP contribution is 2.21. The summed E-state index contributed by atoms with van der Waals surface area (Å²) >= 11 is 3.52. The second kappa shape index (κ2) is 7.65. The Hall–Kier alpha value is -2.09. The lowest BCUT2D eigenvalue weighted by atomic mass is 10.1. The van der Waals surface area contributed by atoms with E-state index in [2.05, 4.69) is 21.0 Å². The summed E-state index contributed by atoms with van der Waals surface area (Å²) in [5.41, 5.74) is 1.95. The molecule has 0 radical (unpaired) electrons. The molecule has 1 aliphatic rings. The smallest absolute Gasteiger partial charge is 0.289 e. The van der Waals surface area contributed by atoms with Crippen LogP contribution in [0.2, 0.25) is 0 Å². The van der Waals surface area contributed by atoms with Crippen LogP contribution in [0.5, 0.6) is 0 Å². The molecule has 2 amide bonds. The highest BCUT2D eigenvalue weighted by atomic mass is 79.9. The molecule has 1 saturated heterocycles. The number of rotatable bonds is 4. The predicted molar refractivity (Wildman–Crippen MR) is 99.8 cm³/mol. The van der Waals surface area contributed by atoms with Gasteiger partial charge in [0.1, 0.15) is 0 Å². The quantitative estimate of drug-likeness (QED) is 0.758. The molecule has 0 aromatic carbocycles. The van der Waals surface area contributed by atoms with Gasteiger partial charge in [0.15, 0.2) is 5.76 Å². The lowest BCUT2D eigenvalue weighted by molar-refractivity contribution is -0.137. The first-order chi connectivity index (χ1) is 12.4. The van der Waals surface area contributed by atoms with E-state index in [1.807, 2.05) is 30.4 Å². The van der Waals surface area contributed by atoms with E-state index >= 15 is 0 Å². The number of carbonyl (C=O) groups excluding carboxylic acids is 2. The summed E-state index contributed by atoms with van der Waals surface area (Å²) in [5.74, 6) is 0.141. The highest BCUT2D eigenvalue weighted by molar-refractivity contribution is 9.10. The van der Waals surface area contributed by atoms with Crippen molar-refractivity contribution in [3.8, 4) is 0 Å². The van der Waals surface area contributed by atoms with Crippen LogP contribution in [0.15, 0.2) is 27.3 Å². The molecular weight excluding hydrogens is 400 g/mol. The molecule has 0 saturated carbocycles. The van der Waals surface area contributed by atoms with Crippen molar-refractivity contribution in [2.75, 3.05) is 26.2 Å². The van der Waals surface area contributed by atoms with Crippen molar-refractivity contribution in [2.24, 2.45) is 5.92 Å². The normalized spacial score (nSPS) is 16.0. The Bertz CT molecular complexity index is 792. The zero-order chi connectivity index (χ0) is 18.8. The first-order valence-electron chi connectivity index (χ1n) is 8.69. The molecule has 0 N–H and O–H groups in total. The monoisotopic (exact) mass is 422 g/mol. The molecule has 26 heavy (non-hydrogen) atoms. The first kappa shape index (κ1) is 18.7. The Morgan fingerprint density at radius 3 is 2.42 bits per heavy atom. The molecule has 1 fully saturated rings. The van der Waals surface area contributed by atoms with Crippen LogP contribution in [0.1, 0.15) is 28.9 Å². The minimum absolute atomic E-state index is 0.0961. The maximum absolute atomic E-state index is 12.8. The van der Waals surface area contributed by atoms with Gasteiger partial charge in [-0.15, -0.1) is 0 Å². The summed E-state index contributed by atoms with van der Waals surface area (Å²) in [6.45, 7) is 8.51. The number of furan rings is 1. The molecule has 8 heteroatoms. The van der Waals surface area contributed by atoms with E-state index in [1.165, 1.54) is 6.26 Å². The number of hydrogen-bond acceptors (Lipinski definition) is 4. The van der Waals surface area contributed by atoms with Crippen LogP contribution in [0.4, 0.5) is 0 Å². The van der Waals surface area contributed by atoms with E-state index in [0.717, 1.165) is 15.9 Å². The number of hydrogen-bond donors (Lipinski definition) is 0. The fourth-order valence-electron chi connectivity index (χ4n) is 3.19. The van der Waals surface area contributed by atoms with E-state index in [-0.39, 0.29) is 17.7 Å². The van der Waals surface area contributed by atoms with Crippen LogP contribution in [-0.2, 0) is 11.3 Å². The summed E-state index contributed by atoms with van der Waals surface area (Å²) in [6.07, 6.45) is 1.49. The fraction of sp³-hybridized carbons (Fsp3) is 0.500. The molecule has 2 aromatic heterocycles. The molecule has 0 unspecified atom stereocenters. The van der Waals surface area contributed by atoms with Crippen LogP contribution in [0.3, 0.4) is 0 Å². The largest absolute Gasteiger partial charge is 0.459 e. The molecule has 2 aromatic rings. The number of amides is 2. The predicted octanol–water partition coefficient (Wildman–Crippen LogP) is 2.48. The van der Waals surface area contributed by atoms with E-state index in [4.69, 9.17) is 4.42 Å². The zero-order valence-electron chi connectivity index (χ0n) is 15.2. The third-order valence-electron chi connectivity index (χ3n) is 4.77. The van der Waals surface area contributed by atoms with Gasteiger partial charge >= 0.3 is 0 Å². The maximum Gasteiger partial charge on any atom is 0.289 e. The molecule has 3 rings (SSSR count). The van der Waals surface area contributed by atoms with E-state index in [1.54, 1.807) is 17.0 Å². The van der Waals surface area contributed by atoms with Gasteiger partial charge in [-0.25, -0.2) is 0 Å². The lowest BCUT2D eigenvalue weighted by Crippen LogP contribution is -2.52. The minimum Gasteiger partial charge on any atom is -0.459 e. The molecule has 1 aliphatic heterocycles.